The quantitative estimate of drug-likeness (QED) is 0.714. The van der Waals surface area contributed by atoms with Crippen LogP contribution in [0.5, 0.6) is 0 Å². The van der Waals surface area contributed by atoms with Crippen molar-refractivity contribution in [3.63, 3.8) is 0 Å². The van der Waals surface area contributed by atoms with Gasteiger partial charge < -0.3 is 14.5 Å². The Bertz CT molecular complexity index is 363. The van der Waals surface area contributed by atoms with Crippen LogP contribution >= 0.6 is 0 Å². The predicted molar refractivity (Wildman–Crippen MR) is 75.8 cm³/mol. The molecule has 0 N–H and O–H groups in total. The van der Waals surface area contributed by atoms with E-state index < -0.39 is 5.60 Å². The number of ether oxygens (including phenoxy) is 1. The number of amides is 1. The highest BCUT2D eigenvalue weighted by atomic mass is 16.6. The minimum absolute atomic E-state index is 0.130. The summed E-state index contributed by atoms with van der Waals surface area (Å²) in [4.78, 5) is 17.5. The van der Waals surface area contributed by atoms with E-state index in [0.29, 0.717) is 13.1 Å². The fraction of sp³-hybridized carbons (Fsp3) is 0.867. The van der Waals surface area contributed by atoms with Crippen molar-refractivity contribution in [2.75, 3.05) is 13.1 Å². The Morgan fingerprint density at radius 3 is 2.63 bits per heavy atom. The number of carbonyl (C=O) groups is 1. The molecule has 0 saturated carbocycles. The first kappa shape index (κ1) is 15.8. The van der Waals surface area contributed by atoms with Crippen molar-refractivity contribution in [2.24, 2.45) is 5.41 Å². The first-order valence-electron chi connectivity index (χ1n) is 6.97. The van der Waals surface area contributed by atoms with E-state index >= 15 is 0 Å². The van der Waals surface area contributed by atoms with Crippen molar-refractivity contribution in [3.05, 3.63) is 11.4 Å². The van der Waals surface area contributed by atoms with Gasteiger partial charge in [0.15, 0.2) is 0 Å². The average molecular weight is 266 g/mol. The van der Waals surface area contributed by atoms with Crippen LogP contribution in [0, 0.1) is 12.0 Å². The maximum absolute atomic E-state index is 12.3. The van der Waals surface area contributed by atoms with E-state index in [0.717, 1.165) is 19.3 Å². The summed E-state index contributed by atoms with van der Waals surface area (Å²) >= 11 is 0. The van der Waals surface area contributed by atoms with E-state index in [9.17, 15) is 4.79 Å². The molecule has 4 heteroatoms. The van der Waals surface area contributed by atoms with Gasteiger partial charge in [-0.15, -0.1) is 0 Å². The molecular formula is C15H26N2O2. The van der Waals surface area contributed by atoms with E-state index in [1.807, 2.05) is 25.7 Å². The first-order chi connectivity index (χ1) is 8.64. The second-order valence-electron chi connectivity index (χ2n) is 7.14. The maximum atomic E-state index is 12.3. The molecule has 0 radical (unpaired) electrons. The largest absolute Gasteiger partial charge is 0.444 e. The molecule has 1 aliphatic heterocycles. The van der Waals surface area contributed by atoms with E-state index in [-0.39, 0.29) is 17.6 Å². The zero-order valence-electron chi connectivity index (χ0n) is 12.8. The fourth-order valence-corrected chi connectivity index (χ4v) is 2.43. The van der Waals surface area contributed by atoms with Crippen LogP contribution in [0.1, 0.15) is 53.9 Å². The fourth-order valence-electron chi connectivity index (χ4n) is 2.43. The van der Waals surface area contributed by atoms with Gasteiger partial charge in [-0.05, 0) is 39.0 Å². The summed E-state index contributed by atoms with van der Waals surface area (Å²) in [6.07, 6.45) is 2.56. The topological polar surface area (TPSA) is 33.9 Å². The van der Waals surface area contributed by atoms with Crippen LogP contribution in [-0.2, 0) is 4.74 Å². The van der Waals surface area contributed by atoms with Gasteiger partial charge in [-0.25, -0.2) is 11.4 Å². The number of hydrogen-bond acceptors (Lipinski definition) is 2. The SMILES string of the molecule is [C-]#[N+]CCC1CCC(C)(C)CN1C(=O)OC(C)(C)C. The van der Waals surface area contributed by atoms with Gasteiger partial charge in [0.05, 0.1) is 0 Å². The van der Waals surface area contributed by atoms with Gasteiger partial charge in [0.25, 0.3) is 0 Å². The summed E-state index contributed by atoms with van der Waals surface area (Å²) in [5.41, 5.74) is -0.339. The first-order valence-corrected chi connectivity index (χ1v) is 6.97. The van der Waals surface area contributed by atoms with E-state index in [1.54, 1.807) is 0 Å². The van der Waals surface area contributed by atoms with Crippen LogP contribution in [0.3, 0.4) is 0 Å². The van der Waals surface area contributed by atoms with Crippen LogP contribution in [0.2, 0.25) is 0 Å². The molecule has 1 saturated heterocycles. The average Bonchev–Trinajstić information content (AvgIpc) is 2.24. The van der Waals surface area contributed by atoms with Crippen molar-refractivity contribution < 1.29 is 9.53 Å². The molecule has 4 nitrogen and oxygen atoms in total. The zero-order valence-corrected chi connectivity index (χ0v) is 12.8. The Hall–Kier alpha value is -1.24. The maximum Gasteiger partial charge on any atom is 0.410 e. The lowest BCUT2D eigenvalue weighted by Crippen LogP contribution is -2.51. The number of piperidine rings is 1. The highest BCUT2D eigenvalue weighted by Crippen LogP contribution is 2.34. The summed E-state index contributed by atoms with van der Waals surface area (Å²) in [6, 6.07) is 0.150. The molecule has 0 aromatic carbocycles. The second-order valence-corrected chi connectivity index (χ2v) is 7.14. The lowest BCUT2D eigenvalue weighted by Gasteiger charge is -2.43. The molecule has 108 valence electrons. The molecule has 1 heterocycles. The molecule has 0 aliphatic carbocycles. The third-order valence-electron chi connectivity index (χ3n) is 3.40. The van der Waals surface area contributed by atoms with E-state index in [4.69, 9.17) is 11.3 Å². The van der Waals surface area contributed by atoms with Crippen LogP contribution in [-0.4, -0.2) is 35.7 Å². The van der Waals surface area contributed by atoms with Crippen molar-refractivity contribution in [1.82, 2.24) is 4.90 Å². The van der Waals surface area contributed by atoms with Crippen molar-refractivity contribution >= 4 is 6.09 Å². The zero-order chi connectivity index (χ0) is 14.7. The molecule has 1 aliphatic rings. The monoisotopic (exact) mass is 266 g/mol. The molecule has 1 fully saturated rings. The Labute approximate surface area is 116 Å². The molecule has 1 unspecified atom stereocenters. The molecular weight excluding hydrogens is 240 g/mol. The summed E-state index contributed by atoms with van der Waals surface area (Å²) in [6.45, 7) is 18.1. The third kappa shape index (κ3) is 5.10. The standard InChI is InChI=1S/C15H26N2O2/c1-14(2,3)19-13(18)17-11-15(4,5)9-7-12(17)8-10-16-6/h12H,7-11H2,1-5H3. The Morgan fingerprint density at radius 2 is 2.11 bits per heavy atom. The van der Waals surface area contributed by atoms with Gasteiger partial charge in [0.1, 0.15) is 5.60 Å². The normalized spacial score (nSPS) is 22.7. The Balaban J connectivity index is 2.76. The molecule has 0 bridgehead atoms. The van der Waals surface area contributed by atoms with Crippen molar-refractivity contribution in [1.29, 1.82) is 0 Å². The van der Waals surface area contributed by atoms with Gasteiger partial charge in [0.2, 0.25) is 6.54 Å². The lowest BCUT2D eigenvalue weighted by atomic mass is 9.81. The van der Waals surface area contributed by atoms with Crippen molar-refractivity contribution in [2.45, 2.75) is 65.5 Å². The minimum Gasteiger partial charge on any atom is -0.444 e. The number of hydrogen-bond donors (Lipinski definition) is 0. The van der Waals surface area contributed by atoms with Crippen molar-refractivity contribution in [3.8, 4) is 0 Å². The van der Waals surface area contributed by atoms with Crippen LogP contribution in [0.4, 0.5) is 4.79 Å². The van der Waals surface area contributed by atoms with Gasteiger partial charge in [-0.3, -0.25) is 0 Å². The number of nitrogens with zero attached hydrogens (tertiary/aromatic N) is 2. The highest BCUT2D eigenvalue weighted by Gasteiger charge is 2.37. The molecule has 0 aromatic heterocycles. The summed E-state index contributed by atoms with van der Waals surface area (Å²) in [7, 11) is 0. The Kier molecular flexibility index (Phi) is 4.84. The second kappa shape index (κ2) is 5.81. The molecule has 1 rings (SSSR count). The van der Waals surface area contributed by atoms with Crippen LogP contribution < -0.4 is 0 Å². The molecule has 0 aromatic rings. The van der Waals surface area contributed by atoms with E-state index in [1.165, 1.54) is 0 Å². The number of rotatable bonds is 2. The lowest BCUT2D eigenvalue weighted by molar-refractivity contribution is -0.00802. The Morgan fingerprint density at radius 1 is 1.47 bits per heavy atom. The van der Waals surface area contributed by atoms with Gasteiger partial charge >= 0.3 is 6.09 Å². The molecule has 1 amide bonds. The smallest absolute Gasteiger partial charge is 0.410 e. The molecule has 19 heavy (non-hydrogen) atoms. The summed E-state index contributed by atoms with van der Waals surface area (Å²) in [5.74, 6) is 0. The van der Waals surface area contributed by atoms with Crippen LogP contribution in [0.25, 0.3) is 4.85 Å². The van der Waals surface area contributed by atoms with Gasteiger partial charge in [-0.1, -0.05) is 13.8 Å². The molecule has 0 spiro atoms. The number of carbonyl (C=O) groups excluding carboxylic acids is 1. The van der Waals surface area contributed by atoms with Gasteiger partial charge in [-0.2, -0.15) is 0 Å². The third-order valence-corrected chi connectivity index (χ3v) is 3.40. The van der Waals surface area contributed by atoms with Gasteiger partial charge in [0, 0.05) is 19.0 Å². The number of likely N-dealkylation sites (tertiary alicyclic amines) is 1. The van der Waals surface area contributed by atoms with E-state index in [2.05, 4.69) is 18.7 Å². The summed E-state index contributed by atoms with van der Waals surface area (Å²) in [5, 5.41) is 0. The predicted octanol–water partition coefficient (Wildman–Crippen LogP) is 3.72. The summed E-state index contributed by atoms with van der Waals surface area (Å²) < 4.78 is 5.49. The molecule has 1 atom stereocenters. The minimum atomic E-state index is -0.469. The van der Waals surface area contributed by atoms with Crippen LogP contribution in [0.15, 0.2) is 0 Å². The highest BCUT2D eigenvalue weighted by molar-refractivity contribution is 5.68.